The number of benzene rings is 1. The van der Waals surface area contributed by atoms with Crippen molar-refractivity contribution in [3.8, 4) is 11.6 Å². The molecule has 0 aliphatic carbocycles. The van der Waals surface area contributed by atoms with Crippen LogP contribution in [0.25, 0.3) is 0 Å². The van der Waals surface area contributed by atoms with Crippen LogP contribution in [-0.2, 0) is 6.54 Å². The van der Waals surface area contributed by atoms with Gasteiger partial charge in [0.25, 0.3) is 5.88 Å². The molecule has 5 nitrogen and oxygen atoms in total. The fourth-order valence-electron chi connectivity index (χ4n) is 4.60. The standard InChI is InChI=1S/C24H33N3O2/c1-17(2)20-7-5-6-8-21(20)22-16-26(11-12-27(22)18(3)4)15-19-9-10-25-24-23(19)28-13-14-29-24/h5-10,17-18,22H,11-16H2,1-4H3. The summed E-state index contributed by atoms with van der Waals surface area (Å²) in [7, 11) is 0. The predicted octanol–water partition coefficient (Wildman–Crippen LogP) is 4.24. The van der Waals surface area contributed by atoms with Crippen LogP contribution in [0.2, 0.25) is 0 Å². The number of hydrogen-bond acceptors (Lipinski definition) is 5. The van der Waals surface area contributed by atoms with Crippen LogP contribution in [0, 0.1) is 0 Å². The molecule has 1 atom stereocenters. The van der Waals surface area contributed by atoms with E-state index in [-0.39, 0.29) is 0 Å². The molecular weight excluding hydrogens is 362 g/mol. The highest BCUT2D eigenvalue weighted by Crippen LogP contribution is 2.35. The molecule has 1 fully saturated rings. The van der Waals surface area contributed by atoms with Crippen LogP contribution in [0.3, 0.4) is 0 Å². The van der Waals surface area contributed by atoms with Crippen molar-refractivity contribution in [3.05, 3.63) is 53.2 Å². The molecule has 0 radical (unpaired) electrons. The summed E-state index contributed by atoms with van der Waals surface area (Å²) in [4.78, 5) is 9.53. The molecule has 2 aromatic rings. The maximum absolute atomic E-state index is 5.89. The van der Waals surface area contributed by atoms with E-state index in [9.17, 15) is 0 Å². The van der Waals surface area contributed by atoms with E-state index < -0.39 is 0 Å². The van der Waals surface area contributed by atoms with E-state index in [0.29, 0.717) is 37.1 Å². The lowest BCUT2D eigenvalue weighted by Crippen LogP contribution is -2.50. The molecule has 1 aromatic heterocycles. The fourth-order valence-corrected chi connectivity index (χ4v) is 4.60. The van der Waals surface area contributed by atoms with Crippen molar-refractivity contribution in [1.29, 1.82) is 0 Å². The minimum atomic E-state index is 0.400. The van der Waals surface area contributed by atoms with Gasteiger partial charge < -0.3 is 9.47 Å². The minimum absolute atomic E-state index is 0.400. The second-order valence-electron chi connectivity index (χ2n) is 8.67. The van der Waals surface area contributed by atoms with E-state index in [1.807, 2.05) is 6.20 Å². The SMILES string of the molecule is CC(C)c1ccccc1C1CN(Cc2ccnc3c2OCCO3)CCN1C(C)C. The third-order valence-corrected chi connectivity index (χ3v) is 6.06. The summed E-state index contributed by atoms with van der Waals surface area (Å²) in [6, 6.07) is 12.0. The normalized spacial score (nSPS) is 20.4. The third-order valence-electron chi connectivity index (χ3n) is 6.06. The van der Waals surface area contributed by atoms with Gasteiger partial charge in [-0.15, -0.1) is 0 Å². The van der Waals surface area contributed by atoms with Crippen molar-refractivity contribution in [2.45, 2.75) is 52.2 Å². The smallest absolute Gasteiger partial charge is 0.257 e. The highest BCUT2D eigenvalue weighted by atomic mass is 16.6. The molecule has 1 aromatic carbocycles. The number of piperazine rings is 1. The Morgan fingerprint density at radius 3 is 2.62 bits per heavy atom. The monoisotopic (exact) mass is 395 g/mol. The van der Waals surface area contributed by atoms with E-state index in [2.05, 4.69) is 72.8 Å². The molecule has 1 unspecified atom stereocenters. The van der Waals surface area contributed by atoms with Gasteiger partial charge in [-0.2, -0.15) is 0 Å². The molecule has 5 heteroatoms. The molecule has 3 heterocycles. The average molecular weight is 396 g/mol. The third kappa shape index (κ3) is 4.26. The summed E-state index contributed by atoms with van der Waals surface area (Å²) in [5, 5.41) is 0. The van der Waals surface area contributed by atoms with Crippen LogP contribution < -0.4 is 9.47 Å². The molecule has 1 saturated heterocycles. The lowest BCUT2D eigenvalue weighted by molar-refractivity contribution is 0.0454. The molecule has 0 amide bonds. The fraction of sp³-hybridized carbons (Fsp3) is 0.542. The van der Waals surface area contributed by atoms with Crippen LogP contribution in [0.1, 0.15) is 56.3 Å². The Morgan fingerprint density at radius 1 is 1.03 bits per heavy atom. The van der Waals surface area contributed by atoms with Crippen molar-refractivity contribution in [1.82, 2.24) is 14.8 Å². The van der Waals surface area contributed by atoms with Gasteiger partial charge in [-0.25, -0.2) is 4.98 Å². The van der Waals surface area contributed by atoms with Gasteiger partial charge in [-0.1, -0.05) is 38.1 Å². The molecular formula is C24H33N3O2. The lowest BCUT2D eigenvalue weighted by Gasteiger charge is -2.44. The molecule has 156 valence electrons. The Morgan fingerprint density at radius 2 is 1.83 bits per heavy atom. The summed E-state index contributed by atoms with van der Waals surface area (Å²) in [5.41, 5.74) is 4.10. The molecule has 2 aliphatic rings. The first-order chi connectivity index (χ1) is 14.0. The van der Waals surface area contributed by atoms with E-state index >= 15 is 0 Å². The van der Waals surface area contributed by atoms with Gasteiger partial charge in [0.1, 0.15) is 13.2 Å². The minimum Gasteiger partial charge on any atom is -0.484 e. The van der Waals surface area contributed by atoms with Crippen molar-refractivity contribution < 1.29 is 9.47 Å². The molecule has 0 spiro atoms. The first-order valence-corrected chi connectivity index (χ1v) is 10.8. The quantitative estimate of drug-likeness (QED) is 0.757. The summed E-state index contributed by atoms with van der Waals surface area (Å²) in [5.74, 6) is 1.98. The van der Waals surface area contributed by atoms with Crippen LogP contribution in [0.4, 0.5) is 0 Å². The van der Waals surface area contributed by atoms with Crippen LogP contribution >= 0.6 is 0 Å². The number of ether oxygens (including phenoxy) is 2. The number of pyridine rings is 1. The van der Waals surface area contributed by atoms with Crippen LogP contribution in [0.5, 0.6) is 11.6 Å². The Hall–Kier alpha value is -2.11. The number of fused-ring (bicyclic) bond motifs is 1. The zero-order valence-electron chi connectivity index (χ0n) is 18.1. The van der Waals surface area contributed by atoms with E-state index in [1.54, 1.807) is 0 Å². The molecule has 0 N–H and O–H groups in total. The van der Waals surface area contributed by atoms with Crippen LogP contribution in [0.15, 0.2) is 36.5 Å². The zero-order valence-corrected chi connectivity index (χ0v) is 18.1. The summed E-state index contributed by atoms with van der Waals surface area (Å²) >= 11 is 0. The highest BCUT2D eigenvalue weighted by Gasteiger charge is 2.32. The van der Waals surface area contributed by atoms with Gasteiger partial charge in [0.05, 0.1) is 0 Å². The van der Waals surface area contributed by atoms with Gasteiger partial charge in [-0.3, -0.25) is 9.80 Å². The zero-order chi connectivity index (χ0) is 20.4. The average Bonchev–Trinajstić information content (AvgIpc) is 2.74. The van der Waals surface area contributed by atoms with E-state index in [4.69, 9.17) is 9.47 Å². The molecule has 0 saturated carbocycles. The van der Waals surface area contributed by atoms with E-state index in [1.165, 1.54) is 16.7 Å². The molecule has 4 rings (SSSR count). The Balaban J connectivity index is 1.59. The van der Waals surface area contributed by atoms with Gasteiger partial charge in [-0.05, 0) is 37.0 Å². The largest absolute Gasteiger partial charge is 0.484 e. The van der Waals surface area contributed by atoms with Crippen molar-refractivity contribution >= 4 is 0 Å². The number of rotatable bonds is 5. The van der Waals surface area contributed by atoms with Crippen molar-refractivity contribution in [2.24, 2.45) is 0 Å². The van der Waals surface area contributed by atoms with Crippen molar-refractivity contribution in [2.75, 3.05) is 32.8 Å². The molecule has 2 aliphatic heterocycles. The first kappa shape index (κ1) is 20.2. The first-order valence-electron chi connectivity index (χ1n) is 10.8. The highest BCUT2D eigenvalue weighted by molar-refractivity contribution is 5.42. The van der Waals surface area contributed by atoms with Crippen molar-refractivity contribution in [3.63, 3.8) is 0 Å². The van der Waals surface area contributed by atoms with Gasteiger partial charge in [0, 0.05) is 50.0 Å². The second kappa shape index (κ2) is 8.72. The summed E-state index contributed by atoms with van der Waals surface area (Å²) in [6.07, 6.45) is 1.83. The topological polar surface area (TPSA) is 37.8 Å². The van der Waals surface area contributed by atoms with E-state index in [0.717, 1.165) is 31.9 Å². The lowest BCUT2D eigenvalue weighted by atomic mass is 9.90. The molecule has 29 heavy (non-hydrogen) atoms. The number of aromatic nitrogens is 1. The van der Waals surface area contributed by atoms with Gasteiger partial charge in [0.15, 0.2) is 5.75 Å². The maximum atomic E-state index is 5.89. The van der Waals surface area contributed by atoms with Gasteiger partial charge in [0.2, 0.25) is 0 Å². The second-order valence-corrected chi connectivity index (χ2v) is 8.67. The Bertz CT molecular complexity index is 837. The number of nitrogens with zero attached hydrogens (tertiary/aromatic N) is 3. The summed E-state index contributed by atoms with van der Waals surface area (Å²) in [6.45, 7) is 14.4. The summed E-state index contributed by atoms with van der Waals surface area (Å²) < 4.78 is 11.6. The van der Waals surface area contributed by atoms with Crippen LogP contribution in [-0.4, -0.2) is 53.7 Å². The predicted molar refractivity (Wildman–Crippen MR) is 116 cm³/mol. The number of hydrogen-bond donors (Lipinski definition) is 0. The maximum Gasteiger partial charge on any atom is 0.257 e. The Labute approximate surface area is 174 Å². The van der Waals surface area contributed by atoms with Gasteiger partial charge >= 0.3 is 0 Å². The Kier molecular flexibility index (Phi) is 6.07. The molecule has 0 bridgehead atoms.